The molecule has 152 valence electrons. The van der Waals surface area contributed by atoms with Gasteiger partial charge in [0.05, 0.1) is 12.2 Å². The molecule has 0 saturated carbocycles. The highest BCUT2D eigenvalue weighted by molar-refractivity contribution is 14.0. The van der Waals surface area contributed by atoms with Crippen molar-refractivity contribution in [3.05, 3.63) is 45.4 Å². The Kier molecular flexibility index (Phi) is 8.68. The predicted octanol–water partition coefficient (Wildman–Crippen LogP) is 3.76. The summed E-state index contributed by atoms with van der Waals surface area (Å²) >= 11 is 1.71. The Balaban J connectivity index is 0.00000280. The number of piperidine rings is 1. The lowest BCUT2D eigenvalue weighted by molar-refractivity contribution is -0.119. The SMILES string of the molecule is CN=C(NCc1ccc(N2CCCCC2=O)cc1)NCc1nc(C)c(C)s1.I. The average molecular weight is 513 g/mol. The minimum Gasteiger partial charge on any atom is -0.352 e. The monoisotopic (exact) mass is 513 g/mol. The molecule has 1 aromatic heterocycles. The minimum absolute atomic E-state index is 0. The number of thiazole rings is 1. The van der Waals surface area contributed by atoms with Gasteiger partial charge in [0.1, 0.15) is 5.01 Å². The van der Waals surface area contributed by atoms with Crippen LogP contribution in [0.5, 0.6) is 0 Å². The van der Waals surface area contributed by atoms with Gasteiger partial charge in [-0.1, -0.05) is 12.1 Å². The third kappa shape index (κ3) is 5.91. The molecule has 6 nitrogen and oxygen atoms in total. The first kappa shape index (κ1) is 22.6. The van der Waals surface area contributed by atoms with Crippen LogP contribution in [0.15, 0.2) is 29.3 Å². The second-order valence-corrected chi connectivity index (χ2v) is 7.99. The molecule has 1 aliphatic rings. The van der Waals surface area contributed by atoms with E-state index in [9.17, 15) is 4.79 Å². The van der Waals surface area contributed by atoms with E-state index in [0.717, 1.165) is 47.3 Å². The summed E-state index contributed by atoms with van der Waals surface area (Å²) in [7, 11) is 1.76. The number of rotatable bonds is 5. The highest BCUT2D eigenvalue weighted by Crippen LogP contribution is 2.21. The maximum atomic E-state index is 12.0. The van der Waals surface area contributed by atoms with Crippen LogP contribution in [0.3, 0.4) is 0 Å². The molecule has 1 aliphatic heterocycles. The molecule has 0 radical (unpaired) electrons. The van der Waals surface area contributed by atoms with Crippen LogP contribution in [-0.2, 0) is 17.9 Å². The third-order valence-corrected chi connectivity index (χ3v) is 5.81. The van der Waals surface area contributed by atoms with Crippen LogP contribution < -0.4 is 15.5 Å². The van der Waals surface area contributed by atoms with Crippen molar-refractivity contribution in [1.82, 2.24) is 15.6 Å². The largest absolute Gasteiger partial charge is 0.352 e. The first-order chi connectivity index (χ1) is 13.1. The maximum Gasteiger partial charge on any atom is 0.226 e. The number of benzene rings is 1. The first-order valence-electron chi connectivity index (χ1n) is 9.33. The Morgan fingerprint density at radius 3 is 2.50 bits per heavy atom. The summed E-state index contributed by atoms with van der Waals surface area (Å²) in [5, 5.41) is 7.68. The summed E-state index contributed by atoms with van der Waals surface area (Å²) in [5.41, 5.74) is 3.22. The van der Waals surface area contributed by atoms with Gasteiger partial charge in [-0.25, -0.2) is 4.98 Å². The van der Waals surface area contributed by atoms with E-state index in [4.69, 9.17) is 0 Å². The minimum atomic E-state index is 0. The topological polar surface area (TPSA) is 69.6 Å². The van der Waals surface area contributed by atoms with Crippen molar-refractivity contribution in [2.24, 2.45) is 4.99 Å². The van der Waals surface area contributed by atoms with E-state index < -0.39 is 0 Å². The zero-order chi connectivity index (χ0) is 19.2. The Bertz CT molecular complexity index is 799. The van der Waals surface area contributed by atoms with E-state index >= 15 is 0 Å². The lowest BCUT2D eigenvalue weighted by Crippen LogP contribution is -2.36. The average Bonchev–Trinajstić information content (AvgIpc) is 3.00. The van der Waals surface area contributed by atoms with Gasteiger partial charge in [-0.15, -0.1) is 35.3 Å². The molecule has 1 amide bonds. The van der Waals surface area contributed by atoms with Crippen LogP contribution in [0.2, 0.25) is 0 Å². The van der Waals surface area contributed by atoms with Gasteiger partial charge < -0.3 is 15.5 Å². The van der Waals surface area contributed by atoms with Crippen molar-refractivity contribution in [2.75, 3.05) is 18.5 Å². The van der Waals surface area contributed by atoms with E-state index in [1.165, 1.54) is 4.88 Å². The molecule has 0 unspecified atom stereocenters. The molecule has 2 heterocycles. The van der Waals surface area contributed by atoms with Crippen molar-refractivity contribution < 1.29 is 4.79 Å². The standard InChI is InChI=1S/C20H27N5OS.HI/c1-14-15(2)27-18(24-14)13-23-20(21-3)22-12-16-7-9-17(10-8-16)25-11-5-4-6-19(25)26;/h7-10H,4-6,11-13H2,1-3H3,(H2,21,22,23);1H. The Morgan fingerprint density at radius 2 is 1.89 bits per heavy atom. The molecule has 1 aromatic carbocycles. The zero-order valence-electron chi connectivity index (χ0n) is 16.6. The quantitative estimate of drug-likeness (QED) is 0.363. The molecule has 1 saturated heterocycles. The molecule has 0 bridgehead atoms. The number of carbonyl (C=O) groups is 1. The van der Waals surface area contributed by atoms with Crippen LogP contribution in [0, 0.1) is 13.8 Å². The van der Waals surface area contributed by atoms with Crippen molar-refractivity contribution in [1.29, 1.82) is 0 Å². The van der Waals surface area contributed by atoms with E-state index in [0.29, 0.717) is 19.5 Å². The summed E-state index contributed by atoms with van der Waals surface area (Å²) in [6.07, 6.45) is 2.74. The number of nitrogens with zero attached hydrogens (tertiary/aromatic N) is 3. The number of carbonyl (C=O) groups excluding carboxylic acids is 1. The number of anilines is 1. The number of aliphatic imine (C=N–C) groups is 1. The smallest absolute Gasteiger partial charge is 0.226 e. The molecule has 0 aliphatic carbocycles. The zero-order valence-corrected chi connectivity index (χ0v) is 19.8. The number of amides is 1. The van der Waals surface area contributed by atoms with Crippen LogP contribution in [0.4, 0.5) is 5.69 Å². The fourth-order valence-electron chi connectivity index (χ4n) is 3.05. The molecule has 1 fully saturated rings. The van der Waals surface area contributed by atoms with Crippen LogP contribution in [-0.4, -0.2) is 30.4 Å². The van der Waals surface area contributed by atoms with Gasteiger partial charge in [0, 0.05) is 37.1 Å². The van der Waals surface area contributed by atoms with Crippen molar-refractivity contribution >= 4 is 52.9 Å². The van der Waals surface area contributed by atoms with E-state index in [-0.39, 0.29) is 29.9 Å². The molecule has 2 aromatic rings. The summed E-state index contributed by atoms with van der Waals surface area (Å²) < 4.78 is 0. The van der Waals surface area contributed by atoms with Crippen molar-refractivity contribution in [3.8, 4) is 0 Å². The molecule has 2 N–H and O–H groups in total. The summed E-state index contributed by atoms with van der Waals surface area (Å²) in [5.74, 6) is 0.972. The maximum absolute atomic E-state index is 12.0. The highest BCUT2D eigenvalue weighted by atomic mass is 127. The van der Waals surface area contributed by atoms with Gasteiger partial charge in [-0.05, 0) is 44.4 Å². The number of aromatic nitrogens is 1. The lowest BCUT2D eigenvalue weighted by Gasteiger charge is -2.26. The Labute approximate surface area is 187 Å². The third-order valence-electron chi connectivity index (χ3n) is 4.73. The second kappa shape index (κ2) is 10.8. The van der Waals surface area contributed by atoms with Gasteiger partial charge in [0.15, 0.2) is 5.96 Å². The Morgan fingerprint density at radius 1 is 1.18 bits per heavy atom. The molecule has 3 rings (SSSR count). The van der Waals surface area contributed by atoms with Gasteiger partial charge in [0.2, 0.25) is 5.91 Å². The van der Waals surface area contributed by atoms with Gasteiger partial charge in [-0.2, -0.15) is 0 Å². The number of guanidine groups is 1. The fourth-order valence-corrected chi connectivity index (χ4v) is 3.93. The van der Waals surface area contributed by atoms with Crippen LogP contribution in [0.1, 0.15) is 40.4 Å². The normalized spacial score (nSPS) is 14.6. The molecule has 28 heavy (non-hydrogen) atoms. The van der Waals surface area contributed by atoms with Crippen molar-refractivity contribution in [2.45, 2.75) is 46.2 Å². The molecule has 0 spiro atoms. The fraction of sp³-hybridized carbons (Fsp3) is 0.450. The number of halogens is 1. The second-order valence-electron chi connectivity index (χ2n) is 6.70. The van der Waals surface area contributed by atoms with E-state index in [1.54, 1.807) is 18.4 Å². The van der Waals surface area contributed by atoms with Crippen LogP contribution in [0.25, 0.3) is 0 Å². The summed E-state index contributed by atoms with van der Waals surface area (Å²) in [4.78, 5) is 24.0. The van der Waals surface area contributed by atoms with Crippen molar-refractivity contribution in [3.63, 3.8) is 0 Å². The van der Waals surface area contributed by atoms with Gasteiger partial charge in [-0.3, -0.25) is 9.79 Å². The van der Waals surface area contributed by atoms with Crippen LogP contribution >= 0.6 is 35.3 Å². The van der Waals surface area contributed by atoms with Gasteiger partial charge >= 0.3 is 0 Å². The van der Waals surface area contributed by atoms with E-state index in [1.807, 2.05) is 24.0 Å². The first-order valence-corrected chi connectivity index (χ1v) is 10.1. The number of hydrogen-bond donors (Lipinski definition) is 2. The predicted molar refractivity (Wildman–Crippen MR) is 127 cm³/mol. The molecular weight excluding hydrogens is 485 g/mol. The summed E-state index contributed by atoms with van der Waals surface area (Å²) in [6.45, 7) is 6.27. The number of hydrogen-bond acceptors (Lipinski definition) is 4. The Hall–Kier alpha value is -1.68. The molecule has 0 atom stereocenters. The molecule has 8 heteroatoms. The summed E-state index contributed by atoms with van der Waals surface area (Å²) in [6, 6.07) is 8.17. The lowest BCUT2D eigenvalue weighted by atomic mass is 10.1. The highest BCUT2D eigenvalue weighted by Gasteiger charge is 2.19. The van der Waals surface area contributed by atoms with Gasteiger partial charge in [0.25, 0.3) is 0 Å². The number of aryl methyl sites for hydroxylation is 2. The molecular formula is C20H28IN5OS. The van der Waals surface area contributed by atoms with E-state index in [2.05, 4.69) is 39.7 Å². The number of nitrogens with one attached hydrogen (secondary N) is 2.